The number of hydrogen-bond donors (Lipinski definition) is 1. The zero-order valence-electron chi connectivity index (χ0n) is 20.4. The zero-order valence-corrected chi connectivity index (χ0v) is 20.4. The molecule has 4 atom stereocenters. The Labute approximate surface area is 188 Å². The Balaban J connectivity index is 1.75. The van der Waals surface area contributed by atoms with Crippen LogP contribution in [0.3, 0.4) is 0 Å². The molecule has 2 aliphatic rings. The fourth-order valence-corrected chi connectivity index (χ4v) is 6.00. The number of unbranched alkanes of at least 4 members (excludes halogenated alkanes) is 1. The fraction of sp³-hybridized carbons (Fsp3) is 0.731. The van der Waals surface area contributed by atoms with Gasteiger partial charge in [-0.05, 0) is 55.8 Å². The predicted molar refractivity (Wildman–Crippen MR) is 127 cm³/mol. The van der Waals surface area contributed by atoms with Gasteiger partial charge < -0.3 is 14.4 Å². The molecule has 31 heavy (non-hydrogen) atoms. The highest BCUT2D eigenvalue weighted by atomic mass is 16.6. The number of carbonyl (C=O) groups excluding carboxylic acids is 1. The van der Waals surface area contributed by atoms with Crippen molar-refractivity contribution in [1.29, 1.82) is 0 Å². The lowest BCUT2D eigenvalue weighted by molar-refractivity contribution is -0.0258. The number of ether oxygens (including phenoxy) is 2. The summed E-state index contributed by atoms with van der Waals surface area (Å²) in [6.07, 6.45) is 3.96. The van der Waals surface area contributed by atoms with Crippen LogP contribution in [0, 0.1) is 22.7 Å². The van der Waals surface area contributed by atoms with Crippen molar-refractivity contribution in [2.75, 3.05) is 31.6 Å². The lowest BCUT2D eigenvalue weighted by Gasteiger charge is -2.40. The van der Waals surface area contributed by atoms with Crippen LogP contribution in [0.5, 0.6) is 5.75 Å². The van der Waals surface area contributed by atoms with E-state index in [1.165, 1.54) is 6.42 Å². The number of rotatable bonds is 10. The highest BCUT2D eigenvalue weighted by Gasteiger charge is 2.67. The first-order valence-corrected chi connectivity index (χ1v) is 12.2. The van der Waals surface area contributed by atoms with E-state index in [0.29, 0.717) is 29.9 Å². The van der Waals surface area contributed by atoms with E-state index in [0.717, 1.165) is 38.9 Å². The molecule has 5 nitrogen and oxygen atoms in total. The molecule has 1 aromatic carbocycles. The Hall–Kier alpha value is -1.75. The third-order valence-corrected chi connectivity index (χ3v) is 8.38. The van der Waals surface area contributed by atoms with Crippen molar-refractivity contribution >= 4 is 11.8 Å². The van der Waals surface area contributed by atoms with E-state index in [2.05, 4.69) is 51.8 Å². The topological polar surface area (TPSA) is 50.8 Å². The molecule has 0 spiro atoms. The van der Waals surface area contributed by atoms with Gasteiger partial charge in [0.15, 0.2) is 0 Å². The highest BCUT2D eigenvalue weighted by Crippen LogP contribution is 2.68. The lowest BCUT2D eigenvalue weighted by Crippen LogP contribution is -2.45. The minimum Gasteiger partial charge on any atom is -0.491 e. The van der Waals surface area contributed by atoms with Crippen LogP contribution >= 0.6 is 0 Å². The minimum absolute atomic E-state index is 0.00394. The van der Waals surface area contributed by atoms with Crippen molar-refractivity contribution in [3.63, 3.8) is 0 Å². The number of nitrogens with one attached hydrogen (secondary N) is 1. The van der Waals surface area contributed by atoms with E-state index in [1.54, 1.807) is 0 Å². The average molecular weight is 431 g/mol. The largest absolute Gasteiger partial charge is 0.491 e. The monoisotopic (exact) mass is 430 g/mol. The summed E-state index contributed by atoms with van der Waals surface area (Å²) in [7, 11) is 0. The SMILES string of the molecule is CCCCOc1ccccc1NC(=O)O[C@@H]1[C@H](CN(CC)CC)[C@@H]2CC[C@@]1(C)C2(C)C. The Morgan fingerprint density at radius 2 is 1.87 bits per heavy atom. The molecule has 3 rings (SSSR count). The number of para-hydroxylation sites is 2. The van der Waals surface area contributed by atoms with Gasteiger partial charge in [0, 0.05) is 17.9 Å². The van der Waals surface area contributed by atoms with Gasteiger partial charge in [-0.25, -0.2) is 4.79 Å². The maximum atomic E-state index is 13.0. The molecule has 0 aliphatic heterocycles. The van der Waals surface area contributed by atoms with Crippen LogP contribution in [0.2, 0.25) is 0 Å². The molecule has 2 aliphatic carbocycles. The van der Waals surface area contributed by atoms with Crippen LogP contribution in [0.15, 0.2) is 24.3 Å². The molecule has 0 unspecified atom stereocenters. The van der Waals surface area contributed by atoms with Crippen molar-refractivity contribution in [2.24, 2.45) is 22.7 Å². The van der Waals surface area contributed by atoms with Crippen molar-refractivity contribution in [3.05, 3.63) is 24.3 Å². The van der Waals surface area contributed by atoms with Gasteiger partial charge in [-0.3, -0.25) is 5.32 Å². The standard InChI is InChI=1S/C26H42N2O3/c1-7-10-17-30-22-14-12-11-13-21(22)27-24(29)31-23-19(18-28(8-2)9-3)20-15-16-26(23,6)25(20,4)5/h11-14,19-20,23H,7-10,15-18H2,1-6H3,(H,27,29)/t19-,20+,23-,26-/m1/s1. The van der Waals surface area contributed by atoms with Gasteiger partial charge in [-0.15, -0.1) is 0 Å². The molecule has 0 heterocycles. The molecule has 2 saturated carbocycles. The molecule has 2 fully saturated rings. The molecule has 0 aromatic heterocycles. The van der Waals surface area contributed by atoms with Gasteiger partial charge in [0.1, 0.15) is 11.9 Å². The van der Waals surface area contributed by atoms with Crippen LogP contribution in [0.4, 0.5) is 10.5 Å². The second kappa shape index (κ2) is 9.81. The molecule has 0 saturated heterocycles. The number of nitrogens with zero attached hydrogens (tertiary/aromatic N) is 1. The second-order valence-corrected chi connectivity index (χ2v) is 10.1. The summed E-state index contributed by atoms with van der Waals surface area (Å²) >= 11 is 0. The molecule has 0 radical (unpaired) electrons. The summed E-state index contributed by atoms with van der Waals surface area (Å²) in [5.41, 5.74) is 0.845. The first-order valence-electron chi connectivity index (χ1n) is 12.2. The summed E-state index contributed by atoms with van der Waals surface area (Å²) in [6, 6.07) is 7.61. The number of hydrogen-bond acceptors (Lipinski definition) is 4. The van der Waals surface area contributed by atoms with E-state index < -0.39 is 0 Å². The number of anilines is 1. The second-order valence-electron chi connectivity index (χ2n) is 10.1. The molecule has 174 valence electrons. The summed E-state index contributed by atoms with van der Waals surface area (Å²) in [5, 5.41) is 2.97. The lowest BCUT2D eigenvalue weighted by atomic mass is 9.70. The summed E-state index contributed by atoms with van der Waals surface area (Å²) < 4.78 is 12.1. The molecular weight excluding hydrogens is 388 g/mol. The van der Waals surface area contributed by atoms with Crippen molar-refractivity contribution in [1.82, 2.24) is 4.90 Å². The highest BCUT2D eigenvalue weighted by molar-refractivity contribution is 5.86. The van der Waals surface area contributed by atoms with E-state index in [9.17, 15) is 4.79 Å². The van der Waals surface area contributed by atoms with Gasteiger partial charge in [-0.1, -0.05) is 60.1 Å². The van der Waals surface area contributed by atoms with Crippen molar-refractivity contribution < 1.29 is 14.3 Å². The Morgan fingerprint density at radius 1 is 1.16 bits per heavy atom. The van der Waals surface area contributed by atoms with Crippen LogP contribution < -0.4 is 10.1 Å². The maximum Gasteiger partial charge on any atom is 0.412 e. The van der Waals surface area contributed by atoms with Crippen molar-refractivity contribution in [2.45, 2.75) is 73.3 Å². The van der Waals surface area contributed by atoms with E-state index in [1.807, 2.05) is 24.3 Å². The Kier molecular flexibility index (Phi) is 7.56. The normalized spacial score (nSPS) is 28.7. The van der Waals surface area contributed by atoms with Crippen LogP contribution in [-0.4, -0.2) is 43.3 Å². The maximum absolute atomic E-state index is 13.0. The molecule has 1 N–H and O–H groups in total. The number of carbonyl (C=O) groups is 1. The first-order chi connectivity index (χ1) is 14.8. The van der Waals surface area contributed by atoms with Gasteiger partial charge >= 0.3 is 6.09 Å². The quantitative estimate of drug-likeness (QED) is 0.449. The Morgan fingerprint density at radius 3 is 2.55 bits per heavy atom. The van der Waals surface area contributed by atoms with Gasteiger partial charge in [0.2, 0.25) is 0 Å². The minimum atomic E-state index is -0.370. The molecular formula is C26H42N2O3. The van der Waals surface area contributed by atoms with Crippen LogP contribution in [-0.2, 0) is 4.74 Å². The first kappa shape index (κ1) is 23.9. The summed E-state index contributed by atoms with van der Waals surface area (Å²) in [5.74, 6) is 1.66. The smallest absolute Gasteiger partial charge is 0.412 e. The summed E-state index contributed by atoms with van der Waals surface area (Å²) in [4.78, 5) is 15.5. The average Bonchev–Trinajstić information content (AvgIpc) is 3.06. The predicted octanol–water partition coefficient (Wildman–Crippen LogP) is 6.20. The number of amides is 1. The number of benzene rings is 1. The summed E-state index contributed by atoms with van der Waals surface area (Å²) in [6.45, 7) is 17.3. The van der Waals surface area contributed by atoms with Gasteiger partial charge in [-0.2, -0.15) is 0 Å². The van der Waals surface area contributed by atoms with Crippen LogP contribution in [0.25, 0.3) is 0 Å². The molecule has 5 heteroatoms. The van der Waals surface area contributed by atoms with Crippen molar-refractivity contribution in [3.8, 4) is 5.75 Å². The third kappa shape index (κ3) is 4.57. The molecule has 1 aromatic rings. The fourth-order valence-electron chi connectivity index (χ4n) is 6.00. The molecule has 2 bridgehead atoms. The van der Waals surface area contributed by atoms with E-state index >= 15 is 0 Å². The Bertz CT molecular complexity index is 746. The third-order valence-electron chi connectivity index (χ3n) is 8.38. The molecule has 1 amide bonds. The number of fused-ring (bicyclic) bond motifs is 2. The zero-order chi connectivity index (χ0) is 22.6. The van der Waals surface area contributed by atoms with Gasteiger partial charge in [0.25, 0.3) is 0 Å². The van der Waals surface area contributed by atoms with Gasteiger partial charge in [0.05, 0.1) is 12.3 Å². The van der Waals surface area contributed by atoms with E-state index in [4.69, 9.17) is 9.47 Å². The van der Waals surface area contributed by atoms with Crippen LogP contribution in [0.1, 0.15) is 67.2 Å². The van der Waals surface area contributed by atoms with E-state index in [-0.39, 0.29) is 23.0 Å².